The number of rotatable bonds is 8. The molecule has 0 bridgehead atoms. The van der Waals surface area contributed by atoms with E-state index < -0.39 is 0 Å². The van der Waals surface area contributed by atoms with E-state index in [4.69, 9.17) is 16.3 Å². The molecule has 2 amide bonds. The van der Waals surface area contributed by atoms with E-state index in [0.717, 1.165) is 11.1 Å². The summed E-state index contributed by atoms with van der Waals surface area (Å²) in [5.41, 5.74) is 4.76. The highest BCUT2D eigenvalue weighted by Gasteiger charge is 2.08. The van der Waals surface area contributed by atoms with Crippen molar-refractivity contribution in [1.29, 1.82) is 0 Å². The third kappa shape index (κ3) is 6.75. The van der Waals surface area contributed by atoms with Crippen LogP contribution in [0, 0.1) is 6.92 Å². The molecule has 7 heteroatoms. The number of carbonyl (C=O) groups is 2. The van der Waals surface area contributed by atoms with E-state index in [-0.39, 0.29) is 24.7 Å². The zero-order valence-electron chi connectivity index (χ0n) is 15.3. The SMILES string of the molecule is COc1cccc(/C=N\NC(=O)CCCC(=O)Nc2cccc(Cl)c2C)c1. The first-order chi connectivity index (χ1) is 13.0. The van der Waals surface area contributed by atoms with Gasteiger partial charge in [0.1, 0.15) is 5.75 Å². The fraction of sp³-hybridized carbons (Fsp3) is 0.250. The molecule has 0 saturated carbocycles. The summed E-state index contributed by atoms with van der Waals surface area (Å²) in [5.74, 6) is 0.306. The lowest BCUT2D eigenvalue weighted by Crippen LogP contribution is -2.18. The van der Waals surface area contributed by atoms with Crippen molar-refractivity contribution in [2.45, 2.75) is 26.2 Å². The Morgan fingerprint density at radius 3 is 2.67 bits per heavy atom. The van der Waals surface area contributed by atoms with E-state index in [0.29, 0.717) is 22.9 Å². The molecule has 0 heterocycles. The third-order valence-electron chi connectivity index (χ3n) is 3.85. The standard InChI is InChI=1S/C20H22ClN3O3/c1-14-17(21)8-4-9-18(14)23-19(25)10-5-11-20(26)24-22-13-15-6-3-7-16(12-15)27-2/h3-4,6-9,12-13H,5,10-11H2,1-2H3,(H,23,25)(H,24,26)/b22-13-. The van der Waals surface area contributed by atoms with Crippen LogP contribution < -0.4 is 15.5 Å². The molecule has 2 rings (SSSR count). The van der Waals surface area contributed by atoms with E-state index in [1.165, 1.54) is 6.21 Å². The Hall–Kier alpha value is -2.86. The van der Waals surface area contributed by atoms with E-state index in [1.807, 2.05) is 25.1 Å². The van der Waals surface area contributed by atoms with Gasteiger partial charge < -0.3 is 10.1 Å². The number of halogens is 1. The number of amides is 2. The van der Waals surface area contributed by atoms with Crippen molar-refractivity contribution < 1.29 is 14.3 Å². The Balaban J connectivity index is 1.71. The molecule has 2 N–H and O–H groups in total. The lowest BCUT2D eigenvalue weighted by molar-refractivity contribution is -0.121. The average Bonchev–Trinajstić information content (AvgIpc) is 2.65. The molecule has 0 saturated heterocycles. The molecule has 0 atom stereocenters. The van der Waals surface area contributed by atoms with Gasteiger partial charge in [0, 0.05) is 23.6 Å². The zero-order valence-corrected chi connectivity index (χ0v) is 16.0. The van der Waals surface area contributed by atoms with Crippen LogP contribution in [0.3, 0.4) is 0 Å². The van der Waals surface area contributed by atoms with Crippen LogP contribution in [0.1, 0.15) is 30.4 Å². The molecule has 27 heavy (non-hydrogen) atoms. The number of nitrogens with one attached hydrogen (secondary N) is 2. The first-order valence-electron chi connectivity index (χ1n) is 8.50. The van der Waals surface area contributed by atoms with Gasteiger partial charge in [-0.2, -0.15) is 5.10 Å². The molecule has 142 valence electrons. The maximum absolute atomic E-state index is 12.0. The molecule has 2 aromatic rings. The number of benzene rings is 2. The van der Waals surface area contributed by atoms with Crippen LogP contribution in [0.4, 0.5) is 5.69 Å². The van der Waals surface area contributed by atoms with E-state index in [2.05, 4.69) is 15.8 Å². The second kappa shape index (κ2) is 10.3. The Morgan fingerprint density at radius 2 is 1.89 bits per heavy atom. The van der Waals surface area contributed by atoms with E-state index in [9.17, 15) is 9.59 Å². The van der Waals surface area contributed by atoms with Crippen LogP contribution in [0.15, 0.2) is 47.6 Å². The molecule has 0 aromatic heterocycles. The van der Waals surface area contributed by atoms with Crippen molar-refractivity contribution in [3.8, 4) is 5.75 Å². The highest BCUT2D eigenvalue weighted by atomic mass is 35.5. The number of anilines is 1. The smallest absolute Gasteiger partial charge is 0.240 e. The maximum atomic E-state index is 12.0. The summed E-state index contributed by atoms with van der Waals surface area (Å²) in [7, 11) is 1.59. The van der Waals surface area contributed by atoms with Gasteiger partial charge in [-0.25, -0.2) is 5.43 Å². The van der Waals surface area contributed by atoms with Crippen molar-refractivity contribution in [3.63, 3.8) is 0 Å². The highest BCUT2D eigenvalue weighted by Crippen LogP contribution is 2.23. The monoisotopic (exact) mass is 387 g/mol. The Bertz CT molecular complexity index is 837. The summed E-state index contributed by atoms with van der Waals surface area (Å²) >= 11 is 6.03. The first kappa shape index (κ1) is 20.5. The summed E-state index contributed by atoms with van der Waals surface area (Å²) < 4.78 is 5.12. The molecule has 0 unspecified atom stereocenters. The molecule has 0 fully saturated rings. The first-order valence-corrected chi connectivity index (χ1v) is 8.88. The van der Waals surface area contributed by atoms with Crippen molar-refractivity contribution in [2.75, 3.05) is 12.4 Å². The fourth-order valence-corrected chi connectivity index (χ4v) is 2.50. The van der Waals surface area contributed by atoms with E-state index >= 15 is 0 Å². The molecule has 0 spiro atoms. The fourth-order valence-electron chi connectivity index (χ4n) is 2.32. The number of hydrogen-bond acceptors (Lipinski definition) is 4. The van der Waals surface area contributed by atoms with Gasteiger partial charge in [-0.15, -0.1) is 0 Å². The summed E-state index contributed by atoms with van der Waals surface area (Å²) in [6.45, 7) is 1.84. The summed E-state index contributed by atoms with van der Waals surface area (Å²) in [4.78, 5) is 23.8. The maximum Gasteiger partial charge on any atom is 0.240 e. The molecule has 0 aliphatic rings. The minimum Gasteiger partial charge on any atom is -0.497 e. The predicted molar refractivity (Wildman–Crippen MR) is 107 cm³/mol. The number of nitrogens with zero attached hydrogens (tertiary/aromatic N) is 1. The number of carbonyl (C=O) groups excluding carboxylic acids is 2. The minimum absolute atomic E-state index is 0.159. The van der Waals surface area contributed by atoms with Gasteiger partial charge in [0.25, 0.3) is 0 Å². The predicted octanol–water partition coefficient (Wildman–Crippen LogP) is 3.92. The minimum atomic E-state index is -0.249. The number of methoxy groups -OCH3 is 1. The van der Waals surface area contributed by atoms with Crippen LogP contribution >= 0.6 is 11.6 Å². The lowest BCUT2D eigenvalue weighted by atomic mass is 10.2. The molecular formula is C20H22ClN3O3. The number of ether oxygens (including phenoxy) is 1. The third-order valence-corrected chi connectivity index (χ3v) is 4.26. The van der Waals surface area contributed by atoms with Gasteiger partial charge in [-0.1, -0.05) is 29.8 Å². The highest BCUT2D eigenvalue weighted by molar-refractivity contribution is 6.31. The van der Waals surface area contributed by atoms with Crippen molar-refractivity contribution in [1.82, 2.24) is 5.43 Å². The number of hydrazone groups is 1. The van der Waals surface area contributed by atoms with Crippen LogP contribution in [0.2, 0.25) is 5.02 Å². The number of hydrogen-bond donors (Lipinski definition) is 2. The molecule has 6 nitrogen and oxygen atoms in total. The average molecular weight is 388 g/mol. The van der Waals surface area contributed by atoms with Crippen LogP contribution in [0.25, 0.3) is 0 Å². The summed E-state index contributed by atoms with van der Waals surface area (Å²) in [6.07, 6.45) is 2.40. The van der Waals surface area contributed by atoms with Crippen molar-refractivity contribution in [2.24, 2.45) is 5.10 Å². The second-order valence-electron chi connectivity index (χ2n) is 5.88. The van der Waals surface area contributed by atoms with Crippen molar-refractivity contribution in [3.05, 3.63) is 58.6 Å². The molecule has 0 radical (unpaired) electrons. The van der Waals surface area contributed by atoms with Gasteiger partial charge >= 0.3 is 0 Å². The van der Waals surface area contributed by atoms with Gasteiger partial charge in [0.15, 0.2) is 0 Å². The summed E-state index contributed by atoms with van der Waals surface area (Å²) in [6, 6.07) is 12.6. The van der Waals surface area contributed by atoms with Gasteiger partial charge in [0.2, 0.25) is 11.8 Å². The zero-order chi connectivity index (χ0) is 19.6. The molecule has 0 aliphatic carbocycles. The van der Waals surface area contributed by atoms with Crippen LogP contribution in [-0.2, 0) is 9.59 Å². The summed E-state index contributed by atoms with van der Waals surface area (Å²) in [5, 5.41) is 7.31. The van der Waals surface area contributed by atoms with Gasteiger partial charge in [-0.3, -0.25) is 9.59 Å². The normalized spacial score (nSPS) is 10.6. The van der Waals surface area contributed by atoms with Gasteiger partial charge in [-0.05, 0) is 48.7 Å². The van der Waals surface area contributed by atoms with Crippen LogP contribution in [-0.4, -0.2) is 25.1 Å². The molecular weight excluding hydrogens is 366 g/mol. The largest absolute Gasteiger partial charge is 0.497 e. The lowest BCUT2D eigenvalue weighted by Gasteiger charge is -2.09. The Kier molecular flexibility index (Phi) is 7.82. The van der Waals surface area contributed by atoms with Crippen LogP contribution in [0.5, 0.6) is 5.75 Å². The van der Waals surface area contributed by atoms with Crippen molar-refractivity contribution >= 4 is 35.3 Å². The van der Waals surface area contributed by atoms with Gasteiger partial charge in [0.05, 0.1) is 13.3 Å². The Morgan fingerprint density at radius 1 is 1.15 bits per heavy atom. The Labute approximate surface area is 163 Å². The second-order valence-corrected chi connectivity index (χ2v) is 6.29. The molecule has 0 aliphatic heterocycles. The van der Waals surface area contributed by atoms with E-state index in [1.54, 1.807) is 31.4 Å². The quantitative estimate of drug-likeness (QED) is 0.532. The topological polar surface area (TPSA) is 79.8 Å². The molecule has 2 aromatic carbocycles.